The topological polar surface area (TPSA) is 65.1 Å². The highest BCUT2D eigenvalue weighted by Gasteiger charge is 2.47. The van der Waals surface area contributed by atoms with Crippen molar-refractivity contribution in [2.75, 3.05) is 52.4 Å². The first kappa shape index (κ1) is 31.3. The molecule has 3 fully saturated rings. The van der Waals surface area contributed by atoms with E-state index in [1.807, 2.05) is 53.4 Å². The summed E-state index contributed by atoms with van der Waals surface area (Å²) in [6, 6.07) is 23.5. The molecular formula is C36H42F2N4O3. The zero-order valence-electron chi connectivity index (χ0n) is 25.7. The van der Waals surface area contributed by atoms with Crippen molar-refractivity contribution < 1.29 is 23.1 Å². The summed E-state index contributed by atoms with van der Waals surface area (Å²) in [6.07, 6.45) is 3.42. The Morgan fingerprint density at radius 3 is 2.33 bits per heavy atom. The van der Waals surface area contributed by atoms with Gasteiger partial charge in [-0.1, -0.05) is 66.7 Å². The van der Waals surface area contributed by atoms with Gasteiger partial charge in [-0.05, 0) is 55.4 Å². The number of amides is 2. The maximum Gasteiger partial charge on any atom is 0.318 e. The number of likely N-dealkylation sites (tertiary alicyclic amines) is 2. The van der Waals surface area contributed by atoms with E-state index in [2.05, 4.69) is 27.2 Å². The number of ketones is 1. The van der Waals surface area contributed by atoms with Gasteiger partial charge < -0.3 is 15.0 Å². The lowest BCUT2D eigenvalue weighted by Gasteiger charge is -2.47. The molecule has 7 nitrogen and oxygen atoms in total. The Hall–Kier alpha value is -3.66. The van der Waals surface area contributed by atoms with Gasteiger partial charge in [0.15, 0.2) is 17.4 Å². The van der Waals surface area contributed by atoms with E-state index >= 15 is 0 Å². The average molecular weight is 617 g/mol. The largest absolute Gasteiger partial charge is 0.371 e. The highest BCUT2D eigenvalue weighted by Crippen LogP contribution is 2.33. The van der Waals surface area contributed by atoms with Gasteiger partial charge in [0.05, 0.1) is 12.7 Å². The van der Waals surface area contributed by atoms with Crippen LogP contribution in [0.4, 0.5) is 13.6 Å². The summed E-state index contributed by atoms with van der Waals surface area (Å²) in [6.45, 7) is 5.48. The molecule has 0 aromatic heterocycles. The molecule has 0 saturated carbocycles. The Kier molecular flexibility index (Phi) is 9.88. The zero-order valence-corrected chi connectivity index (χ0v) is 25.7. The van der Waals surface area contributed by atoms with Gasteiger partial charge in [-0.15, -0.1) is 0 Å². The number of halogens is 2. The van der Waals surface area contributed by atoms with Crippen LogP contribution in [0.5, 0.6) is 0 Å². The van der Waals surface area contributed by atoms with Crippen LogP contribution in [0.25, 0.3) is 0 Å². The number of rotatable bonds is 9. The quantitative estimate of drug-likeness (QED) is 0.323. The van der Waals surface area contributed by atoms with Gasteiger partial charge in [0.1, 0.15) is 5.54 Å². The number of morpholine rings is 1. The molecule has 3 aromatic rings. The fourth-order valence-corrected chi connectivity index (χ4v) is 7.07. The van der Waals surface area contributed by atoms with Crippen molar-refractivity contribution in [3.05, 3.63) is 107 Å². The van der Waals surface area contributed by atoms with Gasteiger partial charge in [-0.2, -0.15) is 0 Å². The van der Waals surface area contributed by atoms with Crippen molar-refractivity contribution in [1.29, 1.82) is 0 Å². The summed E-state index contributed by atoms with van der Waals surface area (Å²) < 4.78 is 33.4. The van der Waals surface area contributed by atoms with Crippen LogP contribution in [0, 0.1) is 11.6 Å². The number of carbonyl (C=O) groups excluding carboxylic acids is 2. The number of ether oxygens (including phenoxy) is 1. The van der Waals surface area contributed by atoms with Crippen LogP contribution in [-0.4, -0.2) is 90.5 Å². The maximum atomic E-state index is 14.3. The standard InChI is InChI=1S/C36H42F2N4O3/c37-31-14-13-29(24-32(31)38)33-26-40(21-22-45-33)19-20-41-18-15-36(34(43)28-11-5-2-6-12-28,39-35(44)42-16-7-8-17-42)25-30(41)23-27-9-3-1-4-10-27/h1-6,9-14,24,30,33H,7-8,15-23,25-26H2,(H,39,44). The molecule has 2 amide bonds. The third-order valence-electron chi connectivity index (χ3n) is 9.62. The van der Waals surface area contributed by atoms with E-state index in [4.69, 9.17) is 4.74 Å². The highest BCUT2D eigenvalue weighted by atomic mass is 19.2. The first-order chi connectivity index (χ1) is 21.9. The van der Waals surface area contributed by atoms with Crippen molar-refractivity contribution in [1.82, 2.24) is 20.0 Å². The number of nitrogens with zero attached hydrogens (tertiary/aromatic N) is 3. The number of carbonyl (C=O) groups is 2. The minimum atomic E-state index is -1.01. The van der Waals surface area contributed by atoms with Gasteiger partial charge in [0.25, 0.3) is 0 Å². The number of urea groups is 1. The Morgan fingerprint density at radius 2 is 1.60 bits per heavy atom. The molecule has 3 aliphatic heterocycles. The molecule has 0 radical (unpaired) electrons. The predicted molar refractivity (Wildman–Crippen MR) is 169 cm³/mol. The van der Waals surface area contributed by atoms with Crippen molar-refractivity contribution >= 4 is 11.8 Å². The fourth-order valence-electron chi connectivity index (χ4n) is 7.07. The Bertz CT molecular complexity index is 1450. The molecule has 238 valence electrons. The van der Waals surface area contributed by atoms with Gasteiger partial charge in [-0.3, -0.25) is 14.6 Å². The third kappa shape index (κ3) is 7.43. The van der Waals surface area contributed by atoms with Crippen molar-refractivity contribution in [3.8, 4) is 0 Å². The minimum Gasteiger partial charge on any atom is -0.371 e. The van der Waals surface area contributed by atoms with Crippen LogP contribution in [0.3, 0.4) is 0 Å². The van der Waals surface area contributed by atoms with E-state index in [0.29, 0.717) is 56.8 Å². The molecule has 3 heterocycles. The lowest BCUT2D eigenvalue weighted by atomic mass is 9.76. The maximum absolute atomic E-state index is 14.3. The predicted octanol–water partition coefficient (Wildman–Crippen LogP) is 5.47. The SMILES string of the molecule is O=C(NC1(C(=O)c2ccccc2)CCN(CCN2CCOC(c3ccc(F)c(F)c3)C2)C(Cc2ccccc2)C1)N1CCCC1. The first-order valence-corrected chi connectivity index (χ1v) is 16.1. The third-order valence-corrected chi connectivity index (χ3v) is 9.62. The number of Topliss-reactive ketones (excluding diaryl/α,β-unsaturated/α-hetero) is 1. The molecule has 3 saturated heterocycles. The summed E-state index contributed by atoms with van der Waals surface area (Å²) in [5, 5.41) is 3.27. The molecule has 45 heavy (non-hydrogen) atoms. The van der Waals surface area contributed by atoms with Crippen LogP contribution in [0.1, 0.15) is 53.3 Å². The normalized spacial score (nSPS) is 24.4. The lowest BCUT2D eigenvalue weighted by Crippen LogP contribution is -2.65. The van der Waals surface area contributed by atoms with E-state index in [1.54, 1.807) is 6.07 Å². The summed E-state index contributed by atoms with van der Waals surface area (Å²) >= 11 is 0. The summed E-state index contributed by atoms with van der Waals surface area (Å²) in [4.78, 5) is 34.4. The highest BCUT2D eigenvalue weighted by molar-refractivity contribution is 6.05. The molecule has 3 atom stereocenters. The number of hydrogen-bond donors (Lipinski definition) is 1. The lowest BCUT2D eigenvalue weighted by molar-refractivity contribution is -0.0351. The van der Waals surface area contributed by atoms with Crippen LogP contribution in [0.2, 0.25) is 0 Å². The van der Waals surface area contributed by atoms with Gasteiger partial charge in [-0.25, -0.2) is 13.6 Å². The fraction of sp³-hybridized carbons (Fsp3) is 0.444. The van der Waals surface area contributed by atoms with E-state index < -0.39 is 17.2 Å². The van der Waals surface area contributed by atoms with E-state index in [-0.39, 0.29) is 24.0 Å². The first-order valence-electron chi connectivity index (χ1n) is 16.1. The van der Waals surface area contributed by atoms with Crippen LogP contribution in [0.15, 0.2) is 78.9 Å². The Labute approximate surface area is 264 Å². The van der Waals surface area contributed by atoms with Gasteiger partial charge in [0, 0.05) is 57.4 Å². The van der Waals surface area contributed by atoms with E-state index in [1.165, 1.54) is 11.6 Å². The second kappa shape index (κ2) is 14.2. The Morgan fingerprint density at radius 1 is 0.867 bits per heavy atom. The minimum absolute atomic E-state index is 0.0238. The molecular weight excluding hydrogens is 574 g/mol. The summed E-state index contributed by atoms with van der Waals surface area (Å²) in [5.41, 5.74) is 1.43. The molecule has 3 unspecified atom stereocenters. The van der Waals surface area contributed by atoms with Crippen LogP contribution < -0.4 is 5.32 Å². The number of hydrogen-bond acceptors (Lipinski definition) is 5. The molecule has 9 heteroatoms. The van der Waals surface area contributed by atoms with Crippen LogP contribution >= 0.6 is 0 Å². The molecule has 0 bridgehead atoms. The zero-order chi connectivity index (χ0) is 31.2. The monoisotopic (exact) mass is 616 g/mol. The molecule has 0 spiro atoms. The van der Waals surface area contributed by atoms with Gasteiger partial charge >= 0.3 is 6.03 Å². The van der Waals surface area contributed by atoms with Crippen molar-refractivity contribution in [2.24, 2.45) is 0 Å². The van der Waals surface area contributed by atoms with Gasteiger partial charge in [0.2, 0.25) is 0 Å². The van der Waals surface area contributed by atoms with E-state index in [0.717, 1.165) is 45.0 Å². The summed E-state index contributed by atoms with van der Waals surface area (Å²) in [5.74, 6) is -1.76. The summed E-state index contributed by atoms with van der Waals surface area (Å²) in [7, 11) is 0. The molecule has 6 rings (SSSR count). The molecule has 3 aromatic carbocycles. The van der Waals surface area contributed by atoms with Crippen molar-refractivity contribution in [2.45, 2.75) is 49.8 Å². The van der Waals surface area contributed by atoms with Crippen molar-refractivity contribution in [3.63, 3.8) is 0 Å². The molecule has 0 aliphatic carbocycles. The Balaban J connectivity index is 1.20. The van der Waals surface area contributed by atoms with E-state index in [9.17, 15) is 18.4 Å². The number of benzene rings is 3. The number of nitrogens with one attached hydrogen (secondary N) is 1. The second-order valence-corrected chi connectivity index (χ2v) is 12.6. The number of piperidine rings is 1. The molecule has 1 N–H and O–H groups in total. The smallest absolute Gasteiger partial charge is 0.318 e. The average Bonchev–Trinajstić information content (AvgIpc) is 3.62. The molecule has 3 aliphatic rings. The second-order valence-electron chi connectivity index (χ2n) is 12.6. The van der Waals surface area contributed by atoms with Crippen LogP contribution in [-0.2, 0) is 11.2 Å².